The fourth-order valence-electron chi connectivity index (χ4n) is 7.46. The highest BCUT2D eigenvalue weighted by atomic mass is 16.1. The third-order valence-corrected chi connectivity index (χ3v) is 9.70. The summed E-state index contributed by atoms with van der Waals surface area (Å²) in [6.07, 6.45) is 8.63. The van der Waals surface area contributed by atoms with Crippen LogP contribution in [0.15, 0.2) is 144 Å². The van der Waals surface area contributed by atoms with Gasteiger partial charge in [0.25, 0.3) is 5.56 Å². The summed E-state index contributed by atoms with van der Waals surface area (Å²) in [6.45, 7) is 0. The van der Waals surface area contributed by atoms with Gasteiger partial charge in [-0.1, -0.05) is 97.1 Å². The van der Waals surface area contributed by atoms with Gasteiger partial charge in [0.05, 0.1) is 39.4 Å². The first-order chi connectivity index (χ1) is 23.6. The van der Waals surface area contributed by atoms with Crippen molar-refractivity contribution in [2.45, 2.75) is 12.0 Å². The van der Waals surface area contributed by atoms with Crippen LogP contribution in [0.3, 0.4) is 0 Å². The van der Waals surface area contributed by atoms with E-state index in [1.165, 1.54) is 4.57 Å². The molecule has 2 aliphatic heterocycles. The first-order valence-corrected chi connectivity index (χ1v) is 16.0. The van der Waals surface area contributed by atoms with Gasteiger partial charge in [-0.2, -0.15) is 0 Å². The zero-order valence-corrected chi connectivity index (χ0v) is 25.5. The van der Waals surface area contributed by atoms with Crippen molar-refractivity contribution in [3.8, 4) is 28.1 Å². The molecule has 0 fully saturated rings. The number of benzene rings is 5. The summed E-state index contributed by atoms with van der Waals surface area (Å²) in [7, 11) is 0. The number of carbonyl (C=O) groups excluding carboxylic acids is 1. The highest BCUT2D eigenvalue weighted by Crippen LogP contribution is 2.48. The maximum absolute atomic E-state index is 13.6. The van der Waals surface area contributed by atoms with Crippen LogP contribution in [0, 0.1) is 0 Å². The monoisotopic (exact) mass is 619 g/mol. The largest absolute Gasteiger partial charge is 0.302 e. The Balaban J connectivity index is 1.09. The summed E-state index contributed by atoms with van der Waals surface area (Å²) in [5.74, 6) is 0.656. The van der Waals surface area contributed by atoms with Gasteiger partial charge < -0.3 is 4.90 Å². The SMILES string of the molecule is O=C1c2cc(-c3ccc4c(c3)C3C=CC=CC3N4c3nc(-c4ccccc4)c4ccccc4n3)ccc2-n2c1nc1ccccc1c2=O. The van der Waals surface area contributed by atoms with E-state index in [2.05, 4.69) is 70.6 Å². The molecule has 2 unspecified atom stereocenters. The van der Waals surface area contributed by atoms with E-state index in [0.29, 0.717) is 28.1 Å². The Kier molecular flexibility index (Phi) is 5.57. The van der Waals surface area contributed by atoms with E-state index < -0.39 is 0 Å². The molecule has 10 rings (SSSR count). The topological polar surface area (TPSA) is 81.0 Å². The molecule has 2 aromatic heterocycles. The van der Waals surface area contributed by atoms with E-state index in [-0.39, 0.29) is 29.1 Å². The fourth-order valence-corrected chi connectivity index (χ4v) is 7.46. The van der Waals surface area contributed by atoms with Gasteiger partial charge in [0, 0.05) is 22.6 Å². The van der Waals surface area contributed by atoms with Crippen molar-refractivity contribution in [3.05, 3.63) is 167 Å². The maximum Gasteiger partial charge on any atom is 0.266 e. The maximum atomic E-state index is 13.6. The van der Waals surface area contributed by atoms with E-state index in [1.807, 2.05) is 66.7 Å². The van der Waals surface area contributed by atoms with Crippen LogP contribution in [-0.2, 0) is 0 Å². The molecule has 5 aromatic carbocycles. The van der Waals surface area contributed by atoms with Crippen LogP contribution in [-0.4, -0.2) is 31.3 Å². The number of fused-ring (bicyclic) bond motifs is 8. The fraction of sp³-hybridized carbons (Fsp3) is 0.0488. The Morgan fingerprint density at radius 1 is 0.583 bits per heavy atom. The molecule has 0 saturated heterocycles. The zero-order chi connectivity index (χ0) is 31.9. The highest BCUT2D eigenvalue weighted by Gasteiger charge is 2.39. The molecule has 0 spiro atoms. The number of ketones is 1. The van der Waals surface area contributed by atoms with Crippen LogP contribution in [0.25, 0.3) is 49.9 Å². The van der Waals surface area contributed by atoms with Gasteiger partial charge in [0.1, 0.15) is 0 Å². The number of aromatic nitrogens is 4. The van der Waals surface area contributed by atoms with Crippen molar-refractivity contribution in [2.24, 2.45) is 0 Å². The lowest BCUT2D eigenvalue weighted by Crippen LogP contribution is -2.30. The minimum absolute atomic E-state index is 0.00761. The molecule has 226 valence electrons. The number of anilines is 2. The highest BCUT2D eigenvalue weighted by molar-refractivity contribution is 6.14. The first-order valence-electron chi connectivity index (χ1n) is 16.0. The third kappa shape index (κ3) is 3.78. The molecule has 0 amide bonds. The Bertz CT molecular complexity index is 2640. The second kappa shape index (κ2) is 10.0. The molecular weight excluding hydrogens is 594 g/mol. The normalized spacial score (nSPS) is 17.1. The van der Waals surface area contributed by atoms with Crippen molar-refractivity contribution < 1.29 is 4.79 Å². The molecule has 3 aliphatic rings. The van der Waals surface area contributed by atoms with Gasteiger partial charge in [-0.05, 0) is 59.2 Å². The summed E-state index contributed by atoms with van der Waals surface area (Å²) < 4.78 is 1.45. The molecular formula is C41H25N5O2. The number of hydrogen-bond acceptors (Lipinski definition) is 6. The minimum atomic E-state index is -0.245. The van der Waals surface area contributed by atoms with Gasteiger partial charge in [-0.15, -0.1) is 0 Å². The number of allylic oxidation sites excluding steroid dienone is 2. The molecule has 0 saturated carbocycles. The summed E-state index contributed by atoms with van der Waals surface area (Å²) in [5.41, 5.74) is 8.26. The Labute approximate surface area is 274 Å². The van der Waals surface area contributed by atoms with Crippen molar-refractivity contribution in [3.63, 3.8) is 0 Å². The van der Waals surface area contributed by atoms with Gasteiger partial charge in [0.15, 0.2) is 5.82 Å². The summed E-state index contributed by atoms with van der Waals surface area (Å²) in [5, 5.41) is 1.50. The van der Waals surface area contributed by atoms with E-state index in [4.69, 9.17) is 9.97 Å². The van der Waals surface area contributed by atoms with Gasteiger partial charge in [-0.25, -0.2) is 15.0 Å². The van der Waals surface area contributed by atoms with E-state index in [0.717, 1.165) is 44.5 Å². The van der Waals surface area contributed by atoms with Crippen LogP contribution < -0.4 is 10.5 Å². The Hall–Kier alpha value is -6.47. The van der Waals surface area contributed by atoms with Crippen LogP contribution >= 0.6 is 0 Å². The van der Waals surface area contributed by atoms with E-state index in [1.54, 1.807) is 12.1 Å². The van der Waals surface area contributed by atoms with Gasteiger partial charge in [0.2, 0.25) is 11.7 Å². The van der Waals surface area contributed by atoms with Crippen molar-refractivity contribution in [1.82, 2.24) is 19.5 Å². The smallest absolute Gasteiger partial charge is 0.266 e. The third-order valence-electron chi connectivity index (χ3n) is 9.70. The molecule has 7 aromatic rings. The van der Waals surface area contributed by atoms with E-state index >= 15 is 0 Å². The lowest BCUT2D eigenvalue weighted by molar-refractivity contribution is 0.103. The molecule has 0 N–H and O–H groups in total. The standard InChI is InChI=1S/C41H25N5O2/c47-38-31-23-26(19-21-36(31)46-39(38)42-33-16-8-5-14-29(33)40(46)48)25-18-20-35-30(22-25)27-12-6-9-17-34(27)45(35)41-43-32-15-7-4-13-28(32)37(44-41)24-10-2-1-3-11-24/h1-23,27,34H. The second-order valence-corrected chi connectivity index (χ2v) is 12.3. The number of carbonyl (C=O) groups is 1. The van der Waals surface area contributed by atoms with Crippen LogP contribution in [0.5, 0.6) is 0 Å². The molecule has 4 heterocycles. The van der Waals surface area contributed by atoms with E-state index in [9.17, 15) is 9.59 Å². The molecule has 0 bridgehead atoms. The predicted molar refractivity (Wildman–Crippen MR) is 188 cm³/mol. The number of nitrogens with zero attached hydrogens (tertiary/aromatic N) is 5. The predicted octanol–water partition coefficient (Wildman–Crippen LogP) is 7.94. The van der Waals surface area contributed by atoms with Gasteiger partial charge >= 0.3 is 0 Å². The quantitative estimate of drug-likeness (QED) is 0.200. The number of para-hydroxylation sites is 2. The lowest BCUT2D eigenvalue weighted by Gasteiger charge is -2.27. The molecule has 0 radical (unpaired) electrons. The Morgan fingerprint density at radius 3 is 2.10 bits per heavy atom. The lowest BCUT2D eigenvalue weighted by atomic mass is 9.89. The van der Waals surface area contributed by atoms with Crippen molar-refractivity contribution >= 4 is 39.2 Å². The van der Waals surface area contributed by atoms with Crippen molar-refractivity contribution in [1.29, 1.82) is 0 Å². The van der Waals surface area contributed by atoms with Crippen molar-refractivity contribution in [2.75, 3.05) is 4.90 Å². The van der Waals surface area contributed by atoms with Crippen LogP contribution in [0.2, 0.25) is 0 Å². The average molecular weight is 620 g/mol. The zero-order valence-electron chi connectivity index (χ0n) is 25.5. The summed E-state index contributed by atoms with van der Waals surface area (Å²) in [4.78, 5) is 44.1. The summed E-state index contributed by atoms with van der Waals surface area (Å²) in [6, 6.07) is 37.7. The second-order valence-electron chi connectivity index (χ2n) is 12.3. The van der Waals surface area contributed by atoms with Crippen LogP contribution in [0.1, 0.15) is 27.7 Å². The Morgan fingerprint density at radius 2 is 1.27 bits per heavy atom. The first kappa shape index (κ1) is 26.7. The van der Waals surface area contributed by atoms with Gasteiger partial charge in [-0.3, -0.25) is 14.2 Å². The van der Waals surface area contributed by atoms with Crippen LogP contribution in [0.4, 0.5) is 11.6 Å². The molecule has 7 nitrogen and oxygen atoms in total. The molecule has 7 heteroatoms. The minimum Gasteiger partial charge on any atom is -0.302 e. The summed E-state index contributed by atoms with van der Waals surface area (Å²) >= 11 is 0. The number of rotatable bonds is 3. The molecule has 1 aliphatic carbocycles. The molecule has 48 heavy (non-hydrogen) atoms. The average Bonchev–Trinajstić information content (AvgIpc) is 3.62. The number of hydrogen-bond donors (Lipinski definition) is 0. The molecule has 2 atom stereocenters.